The van der Waals surface area contributed by atoms with Gasteiger partial charge in [0, 0.05) is 6.07 Å². The number of nitrogens with one attached hydrogen (secondary N) is 1. The lowest BCUT2D eigenvalue weighted by Gasteiger charge is -2.19. The summed E-state index contributed by atoms with van der Waals surface area (Å²) in [6.07, 6.45) is 0. The van der Waals surface area contributed by atoms with Crippen LogP contribution in [0.3, 0.4) is 0 Å². The Morgan fingerprint density at radius 1 is 1.35 bits per heavy atom. The molecular formula is C11H12BrF2NO2. The number of hydrogen-bond acceptors (Lipinski definition) is 2. The Kier molecular flexibility index (Phi) is 4.45. The van der Waals surface area contributed by atoms with Crippen LogP contribution in [0.2, 0.25) is 0 Å². The lowest BCUT2D eigenvalue weighted by Crippen LogP contribution is -2.34. The van der Waals surface area contributed by atoms with Crippen LogP contribution >= 0.6 is 15.9 Å². The molecule has 6 heteroatoms. The van der Waals surface area contributed by atoms with Gasteiger partial charge in [-0.15, -0.1) is 0 Å². The predicted octanol–water partition coefficient (Wildman–Crippen LogP) is 3.25. The second-order valence-electron chi connectivity index (χ2n) is 3.95. The minimum absolute atomic E-state index is 0.0422. The minimum atomic E-state index is -1.08. The first-order valence-electron chi connectivity index (χ1n) is 4.96. The van der Waals surface area contributed by atoms with Gasteiger partial charge in [-0.1, -0.05) is 13.8 Å². The quantitative estimate of drug-likeness (QED) is 0.840. The van der Waals surface area contributed by atoms with Crippen LogP contribution in [0.15, 0.2) is 16.6 Å². The Labute approximate surface area is 106 Å². The summed E-state index contributed by atoms with van der Waals surface area (Å²) in [5.41, 5.74) is -0.0422. The zero-order valence-electron chi connectivity index (χ0n) is 9.30. The number of carboxylic acid groups (broad SMARTS) is 1. The SMILES string of the molecule is CC(C)C(Nc1cc(Br)c(F)cc1F)C(=O)O. The number of rotatable bonds is 4. The van der Waals surface area contributed by atoms with Crippen molar-refractivity contribution in [1.29, 1.82) is 0 Å². The highest BCUT2D eigenvalue weighted by molar-refractivity contribution is 9.10. The molecule has 94 valence electrons. The fourth-order valence-electron chi connectivity index (χ4n) is 1.31. The molecule has 0 saturated heterocycles. The van der Waals surface area contributed by atoms with Crippen LogP contribution in [0.5, 0.6) is 0 Å². The summed E-state index contributed by atoms with van der Waals surface area (Å²) in [5, 5.41) is 11.5. The molecule has 0 spiro atoms. The number of hydrogen-bond donors (Lipinski definition) is 2. The molecule has 1 rings (SSSR count). The highest BCUT2D eigenvalue weighted by atomic mass is 79.9. The smallest absolute Gasteiger partial charge is 0.326 e. The summed E-state index contributed by atoms with van der Waals surface area (Å²) in [5.74, 6) is -2.86. The molecule has 0 bridgehead atoms. The Morgan fingerprint density at radius 2 is 1.94 bits per heavy atom. The van der Waals surface area contributed by atoms with E-state index in [1.54, 1.807) is 13.8 Å². The zero-order valence-corrected chi connectivity index (χ0v) is 10.9. The van der Waals surface area contributed by atoms with Gasteiger partial charge in [0.25, 0.3) is 0 Å². The third kappa shape index (κ3) is 3.39. The molecule has 0 amide bonds. The fraction of sp³-hybridized carbons (Fsp3) is 0.364. The Bertz CT molecular complexity index is 438. The maximum absolute atomic E-state index is 13.4. The molecule has 17 heavy (non-hydrogen) atoms. The number of anilines is 1. The first-order chi connectivity index (χ1) is 7.82. The summed E-state index contributed by atoms with van der Waals surface area (Å²) in [7, 11) is 0. The zero-order chi connectivity index (χ0) is 13.2. The van der Waals surface area contributed by atoms with E-state index < -0.39 is 23.6 Å². The second-order valence-corrected chi connectivity index (χ2v) is 4.80. The van der Waals surface area contributed by atoms with Gasteiger partial charge in [-0.3, -0.25) is 0 Å². The van der Waals surface area contributed by atoms with E-state index in [9.17, 15) is 13.6 Å². The standard InChI is InChI=1S/C11H12BrF2NO2/c1-5(2)10(11(16)17)15-9-3-6(12)7(13)4-8(9)14/h3-5,10,15H,1-2H3,(H,16,17). The summed E-state index contributed by atoms with van der Waals surface area (Å²) in [6, 6.07) is 0.955. The fourth-order valence-corrected chi connectivity index (χ4v) is 1.66. The minimum Gasteiger partial charge on any atom is -0.480 e. The summed E-state index contributed by atoms with van der Waals surface area (Å²) in [4.78, 5) is 10.9. The Balaban J connectivity index is 3.01. The average molecular weight is 308 g/mol. The highest BCUT2D eigenvalue weighted by Gasteiger charge is 2.22. The topological polar surface area (TPSA) is 49.3 Å². The van der Waals surface area contributed by atoms with Crippen molar-refractivity contribution in [2.24, 2.45) is 5.92 Å². The van der Waals surface area contributed by atoms with E-state index in [4.69, 9.17) is 5.11 Å². The van der Waals surface area contributed by atoms with E-state index in [-0.39, 0.29) is 16.1 Å². The van der Waals surface area contributed by atoms with Crippen LogP contribution < -0.4 is 5.32 Å². The van der Waals surface area contributed by atoms with Crippen LogP contribution in [0.1, 0.15) is 13.8 Å². The third-order valence-electron chi connectivity index (χ3n) is 2.25. The van der Waals surface area contributed by atoms with Gasteiger partial charge in [0.15, 0.2) is 0 Å². The summed E-state index contributed by atoms with van der Waals surface area (Å²) in [6.45, 7) is 3.39. The number of carbonyl (C=O) groups is 1. The van der Waals surface area contributed by atoms with Gasteiger partial charge < -0.3 is 10.4 Å². The first kappa shape index (κ1) is 13.9. The molecular weight excluding hydrogens is 296 g/mol. The third-order valence-corrected chi connectivity index (χ3v) is 2.86. The van der Waals surface area contributed by atoms with Gasteiger partial charge in [0.2, 0.25) is 0 Å². The number of benzene rings is 1. The van der Waals surface area contributed by atoms with Crippen molar-refractivity contribution < 1.29 is 18.7 Å². The molecule has 1 atom stereocenters. The van der Waals surface area contributed by atoms with Crippen molar-refractivity contribution in [3.05, 3.63) is 28.2 Å². The average Bonchev–Trinajstić information content (AvgIpc) is 2.20. The molecule has 0 aromatic heterocycles. The largest absolute Gasteiger partial charge is 0.480 e. The summed E-state index contributed by atoms with van der Waals surface area (Å²) < 4.78 is 26.5. The molecule has 0 aliphatic rings. The molecule has 1 aromatic rings. The molecule has 0 heterocycles. The van der Waals surface area contributed by atoms with Crippen LogP contribution in [0.25, 0.3) is 0 Å². The van der Waals surface area contributed by atoms with Gasteiger partial charge in [0.1, 0.15) is 17.7 Å². The highest BCUT2D eigenvalue weighted by Crippen LogP contribution is 2.25. The molecule has 0 aliphatic carbocycles. The monoisotopic (exact) mass is 307 g/mol. The number of carboxylic acids is 1. The molecule has 0 radical (unpaired) electrons. The molecule has 1 aromatic carbocycles. The number of aliphatic carboxylic acids is 1. The van der Waals surface area contributed by atoms with Crippen molar-refractivity contribution in [3.8, 4) is 0 Å². The normalized spacial score (nSPS) is 12.6. The first-order valence-corrected chi connectivity index (χ1v) is 5.76. The van der Waals surface area contributed by atoms with Crippen molar-refractivity contribution in [1.82, 2.24) is 0 Å². The molecule has 0 saturated carbocycles. The van der Waals surface area contributed by atoms with Crippen molar-refractivity contribution >= 4 is 27.6 Å². The predicted molar refractivity (Wildman–Crippen MR) is 63.9 cm³/mol. The van der Waals surface area contributed by atoms with Crippen LogP contribution in [-0.4, -0.2) is 17.1 Å². The van der Waals surface area contributed by atoms with Gasteiger partial charge in [-0.05, 0) is 27.9 Å². The molecule has 1 unspecified atom stereocenters. The van der Waals surface area contributed by atoms with Crippen molar-refractivity contribution in [2.75, 3.05) is 5.32 Å². The van der Waals surface area contributed by atoms with E-state index in [1.165, 1.54) is 6.07 Å². The molecule has 3 nitrogen and oxygen atoms in total. The maximum Gasteiger partial charge on any atom is 0.326 e. The van der Waals surface area contributed by atoms with Gasteiger partial charge in [-0.25, -0.2) is 13.6 Å². The van der Waals surface area contributed by atoms with E-state index >= 15 is 0 Å². The van der Waals surface area contributed by atoms with Gasteiger partial charge >= 0.3 is 5.97 Å². The van der Waals surface area contributed by atoms with Crippen molar-refractivity contribution in [3.63, 3.8) is 0 Å². The second kappa shape index (κ2) is 5.44. The maximum atomic E-state index is 13.4. The van der Waals surface area contributed by atoms with Gasteiger partial charge in [0.05, 0.1) is 10.2 Å². The molecule has 0 aliphatic heterocycles. The van der Waals surface area contributed by atoms with Crippen molar-refractivity contribution in [2.45, 2.75) is 19.9 Å². The van der Waals surface area contributed by atoms with Gasteiger partial charge in [-0.2, -0.15) is 0 Å². The molecule has 2 N–H and O–H groups in total. The lowest BCUT2D eigenvalue weighted by molar-refractivity contribution is -0.138. The van der Waals surface area contributed by atoms with E-state index in [2.05, 4.69) is 21.2 Å². The molecule has 0 fully saturated rings. The van der Waals surface area contributed by atoms with E-state index in [0.717, 1.165) is 0 Å². The lowest BCUT2D eigenvalue weighted by atomic mass is 10.0. The summed E-state index contributed by atoms with van der Waals surface area (Å²) >= 11 is 2.92. The van der Waals surface area contributed by atoms with E-state index in [1.807, 2.05) is 0 Å². The Hall–Kier alpha value is -1.17. The number of halogens is 3. The Morgan fingerprint density at radius 3 is 2.41 bits per heavy atom. The van der Waals surface area contributed by atoms with Crippen LogP contribution in [0, 0.1) is 17.6 Å². The van der Waals surface area contributed by atoms with E-state index in [0.29, 0.717) is 6.07 Å². The van der Waals surface area contributed by atoms with Crippen LogP contribution in [0.4, 0.5) is 14.5 Å². The van der Waals surface area contributed by atoms with Crippen LogP contribution in [-0.2, 0) is 4.79 Å².